The van der Waals surface area contributed by atoms with Crippen LogP contribution < -0.4 is 15.4 Å². The lowest BCUT2D eigenvalue weighted by atomic mass is 10.1. The van der Waals surface area contributed by atoms with E-state index in [2.05, 4.69) is 10.1 Å². The van der Waals surface area contributed by atoms with Crippen LogP contribution in [0.1, 0.15) is 30.9 Å². The largest absolute Gasteiger partial charge is 0.391 e. The number of nitriles is 1. The van der Waals surface area contributed by atoms with E-state index in [-0.39, 0.29) is 17.7 Å². The van der Waals surface area contributed by atoms with Crippen LogP contribution in [0.5, 0.6) is 0 Å². The summed E-state index contributed by atoms with van der Waals surface area (Å²) in [6.07, 6.45) is 5.30. The molecule has 2 atom stereocenters. The van der Waals surface area contributed by atoms with Gasteiger partial charge in [-0.2, -0.15) is 10.4 Å². The number of hydrogen-bond donors (Lipinski definition) is 1. The molecule has 4 rings (SSSR count). The number of aliphatic hydroxyl groups excluding tert-OH is 1. The lowest BCUT2D eigenvalue weighted by Gasteiger charge is -2.34. The van der Waals surface area contributed by atoms with Crippen molar-refractivity contribution < 1.29 is 5.11 Å². The molecule has 28 heavy (non-hydrogen) atoms. The summed E-state index contributed by atoms with van der Waals surface area (Å²) in [6.45, 7) is 2.62. The van der Waals surface area contributed by atoms with Crippen LogP contribution in [0.3, 0.4) is 0 Å². The van der Waals surface area contributed by atoms with Crippen LogP contribution in [-0.2, 0) is 0 Å². The Morgan fingerprint density at radius 2 is 2.04 bits per heavy atom. The van der Waals surface area contributed by atoms with Gasteiger partial charge < -0.3 is 14.9 Å². The highest BCUT2D eigenvalue weighted by atomic mass is 35.5. The molecule has 4 heterocycles. The Labute approximate surface area is 167 Å². The van der Waals surface area contributed by atoms with Crippen molar-refractivity contribution in [3.8, 4) is 6.07 Å². The molecule has 2 aliphatic heterocycles. The minimum absolute atomic E-state index is 0.0759. The Kier molecular flexibility index (Phi) is 5.20. The van der Waals surface area contributed by atoms with Gasteiger partial charge in [-0.25, -0.2) is 9.67 Å². The van der Waals surface area contributed by atoms with Gasteiger partial charge in [0.15, 0.2) is 0 Å². The molecule has 0 radical (unpaired) electrons. The summed E-state index contributed by atoms with van der Waals surface area (Å²) >= 11 is 6.31. The second-order valence-corrected chi connectivity index (χ2v) is 7.68. The molecule has 0 aromatic carbocycles. The molecule has 2 fully saturated rings. The molecule has 8 nitrogen and oxygen atoms in total. The third-order valence-corrected chi connectivity index (χ3v) is 5.61. The van der Waals surface area contributed by atoms with E-state index in [4.69, 9.17) is 16.9 Å². The topological polar surface area (TPSA) is 98.3 Å². The standard InChI is InChI=1S/C19H21ClN6O2/c20-17-6-13(8-21)9-22-19(17)25-4-1-2-14(11-25)26-18(28)7-15(10-23-26)24-5-3-16(27)12-24/h6-7,9-10,14,16,27H,1-5,11-12H2/t14-,16+/m1/s1. The van der Waals surface area contributed by atoms with Gasteiger partial charge in [0, 0.05) is 38.4 Å². The summed E-state index contributed by atoms with van der Waals surface area (Å²) in [6, 6.07) is 5.16. The fourth-order valence-electron chi connectivity index (χ4n) is 3.90. The zero-order valence-corrected chi connectivity index (χ0v) is 16.1. The Morgan fingerprint density at radius 3 is 2.71 bits per heavy atom. The minimum atomic E-state index is -0.348. The third-order valence-electron chi connectivity index (χ3n) is 5.33. The van der Waals surface area contributed by atoms with Crippen molar-refractivity contribution in [2.45, 2.75) is 31.4 Å². The molecular formula is C19H21ClN6O2. The SMILES string of the molecule is N#Cc1cnc(N2CCC[C@@H](n3ncc(N4CC[C@H](O)C4)cc3=O)C2)c(Cl)c1. The van der Waals surface area contributed by atoms with E-state index in [9.17, 15) is 9.90 Å². The van der Waals surface area contributed by atoms with Crippen molar-refractivity contribution in [3.63, 3.8) is 0 Å². The Bertz CT molecular complexity index is 972. The number of piperidine rings is 1. The first kappa shape index (κ1) is 18.7. The molecule has 0 spiro atoms. The number of hydrogen-bond acceptors (Lipinski definition) is 7. The average Bonchev–Trinajstić information content (AvgIpc) is 3.14. The number of rotatable bonds is 3. The summed E-state index contributed by atoms with van der Waals surface area (Å²) in [5.74, 6) is 0.626. The molecule has 2 aromatic heterocycles. The van der Waals surface area contributed by atoms with Gasteiger partial charge in [-0.05, 0) is 25.3 Å². The van der Waals surface area contributed by atoms with Gasteiger partial charge in [-0.1, -0.05) is 11.6 Å². The predicted molar refractivity (Wildman–Crippen MR) is 106 cm³/mol. The number of halogens is 1. The first-order valence-corrected chi connectivity index (χ1v) is 9.75. The summed E-state index contributed by atoms with van der Waals surface area (Å²) < 4.78 is 1.53. The van der Waals surface area contributed by atoms with Gasteiger partial charge in [0.1, 0.15) is 11.9 Å². The second-order valence-electron chi connectivity index (χ2n) is 7.27. The second kappa shape index (κ2) is 7.78. The van der Waals surface area contributed by atoms with E-state index < -0.39 is 0 Å². The van der Waals surface area contributed by atoms with Crippen molar-refractivity contribution in [1.82, 2.24) is 14.8 Å². The lowest BCUT2D eigenvalue weighted by molar-refractivity contribution is 0.198. The van der Waals surface area contributed by atoms with E-state index in [0.29, 0.717) is 35.9 Å². The van der Waals surface area contributed by atoms with Crippen LogP contribution in [0.2, 0.25) is 5.02 Å². The molecule has 0 bridgehead atoms. The first-order valence-electron chi connectivity index (χ1n) is 9.37. The number of aromatic nitrogens is 3. The number of β-amino-alcohol motifs (C(OH)–C–C–N with tert-alkyl or cyclic N) is 1. The van der Waals surface area contributed by atoms with Crippen LogP contribution in [0.4, 0.5) is 11.5 Å². The van der Waals surface area contributed by atoms with Crippen LogP contribution in [0.25, 0.3) is 0 Å². The molecule has 2 aliphatic rings. The molecule has 0 aliphatic carbocycles. The van der Waals surface area contributed by atoms with E-state index in [1.54, 1.807) is 18.3 Å². The average molecular weight is 401 g/mol. The zero-order valence-electron chi connectivity index (χ0n) is 15.3. The van der Waals surface area contributed by atoms with Crippen molar-refractivity contribution in [2.24, 2.45) is 0 Å². The Hall–Kier alpha value is -2.63. The highest BCUT2D eigenvalue weighted by Crippen LogP contribution is 2.29. The molecule has 9 heteroatoms. The molecule has 0 unspecified atom stereocenters. The fraction of sp³-hybridized carbons (Fsp3) is 0.474. The van der Waals surface area contributed by atoms with Crippen molar-refractivity contribution >= 4 is 23.1 Å². The quantitative estimate of drug-likeness (QED) is 0.834. The summed E-state index contributed by atoms with van der Waals surface area (Å²) in [5.41, 5.74) is 1.02. The van der Waals surface area contributed by atoms with Gasteiger partial charge >= 0.3 is 0 Å². The minimum Gasteiger partial charge on any atom is -0.391 e. The molecule has 0 amide bonds. The van der Waals surface area contributed by atoms with E-state index >= 15 is 0 Å². The molecule has 2 aromatic rings. The number of nitrogens with zero attached hydrogens (tertiary/aromatic N) is 6. The molecule has 0 saturated carbocycles. The normalized spacial score (nSPS) is 22.3. The molecule has 1 N–H and O–H groups in total. The van der Waals surface area contributed by atoms with Gasteiger partial charge in [0.2, 0.25) is 0 Å². The fourth-order valence-corrected chi connectivity index (χ4v) is 4.19. The number of pyridine rings is 1. The highest BCUT2D eigenvalue weighted by molar-refractivity contribution is 6.33. The van der Waals surface area contributed by atoms with Gasteiger partial charge in [-0.15, -0.1) is 0 Å². The van der Waals surface area contributed by atoms with Crippen LogP contribution in [0, 0.1) is 11.3 Å². The number of anilines is 2. The van der Waals surface area contributed by atoms with Gasteiger partial charge in [0.25, 0.3) is 5.56 Å². The summed E-state index contributed by atoms with van der Waals surface area (Å²) in [4.78, 5) is 21.0. The maximum Gasteiger partial charge on any atom is 0.269 e. The molecule has 146 valence electrons. The van der Waals surface area contributed by atoms with E-state index in [1.165, 1.54) is 10.9 Å². The lowest BCUT2D eigenvalue weighted by Crippen LogP contribution is -2.41. The van der Waals surface area contributed by atoms with Gasteiger partial charge in [0.05, 0.1) is 34.6 Å². The Morgan fingerprint density at radius 1 is 1.18 bits per heavy atom. The third kappa shape index (κ3) is 3.68. The highest BCUT2D eigenvalue weighted by Gasteiger charge is 2.26. The number of aliphatic hydroxyl groups is 1. The van der Waals surface area contributed by atoms with Crippen molar-refractivity contribution in [2.75, 3.05) is 36.0 Å². The van der Waals surface area contributed by atoms with E-state index in [1.807, 2.05) is 15.9 Å². The van der Waals surface area contributed by atoms with Crippen LogP contribution in [-0.4, -0.2) is 52.2 Å². The van der Waals surface area contributed by atoms with Gasteiger partial charge in [-0.3, -0.25) is 4.79 Å². The Balaban J connectivity index is 1.53. The summed E-state index contributed by atoms with van der Waals surface area (Å²) in [5, 5.41) is 23.5. The maximum atomic E-state index is 12.7. The van der Waals surface area contributed by atoms with E-state index in [0.717, 1.165) is 31.6 Å². The molecule has 2 saturated heterocycles. The van der Waals surface area contributed by atoms with Crippen molar-refractivity contribution in [3.05, 3.63) is 45.5 Å². The summed E-state index contributed by atoms with van der Waals surface area (Å²) in [7, 11) is 0. The predicted octanol–water partition coefficient (Wildman–Crippen LogP) is 1.58. The monoisotopic (exact) mass is 400 g/mol. The maximum absolute atomic E-state index is 12.7. The smallest absolute Gasteiger partial charge is 0.269 e. The van der Waals surface area contributed by atoms with Crippen molar-refractivity contribution in [1.29, 1.82) is 5.26 Å². The first-order chi connectivity index (χ1) is 13.5. The van der Waals surface area contributed by atoms with Crippen LogP contribution in [0.15, 0.2) is 29.3 Å². The van der Waals surface area contributed by atoms with Crippen LogP contribution >= 0.6 is 11.6 Å². The zero-order chi connectivity index (χ0) is 19.7. The molecular weight excluding hydrogens is 380 g/mol.